The van der Waals surface area contributed by atoms with Gasteiger partial charge in [0.2, 0.25) is 0 Å². The van der Waals surface area contributed by atoms with Crippen LogP contribution in [0.4, 0.5) is 0 Å². The maximum atomic E-state index is 5.58. The van der Waals surface area contributed by atoms with Gasteiger partial charge in [-0.1, -0.05) is 0 Å². The van der Waals surface area contributed by atoms with Gasteiger partial charge in [-0.05, 0) is 0 Å². The van der Waals surface area contributed by atoms with Crippen molar-refractivity contribution in [3.63, 3.8) is 0 Å². The van der Waals surface area contributed by atoms with Crippen molar-refractivity contribution in [3.8, 4) is 0 Å². The number of hydrogen-bond acceptors (Lipinski definition) is 0. The molecule has 0 spiro atoms. The topological polar surface area (TPSA) is 0 Å². The summed E-state index contributed by atoms with van der Waals surface area (Å²) in [7, 11) is 14.0. The summed E-state index contributed by atoms with van der Waals surface area (Å²) in [6.45, 7) is 1.92. The molecule has 0 fully saturated rings. The zero-order valence-corrected chi connectivity index (χ0v) is 8.86. The molecule has 0 aliphatic heterocycles. The molecule has 48 valence electrons. The fourth-order valence-electron chi connectivity index (χ4n) is 0.251. The molecule has 8 heavy (non-hydrogen) atoms. The van der Waals surface area contributed by atoms with Gasteiger partial charge in [0.1, 0.15) is 0 Å². The summed E-state index contributed by atoms with van der Waals surface area (Å²) >= 11 is 0. The molecule has 0 saturated heterocycles. The minimum absolute atomic E-state index is 0.668. The van der Waals surface area contributed by atoms with E-state index < -0.39 is 10.5 Å². The van der Waals surface area contributed by atoms with Gasteiger partial charge in [-0.3, -0.25) is 0 Å². The SMILES string of the molecule is CC=C[CH2][Ge]([Cl])([Cl])[Cl]. The molecule has 0 nitrogen and oxygen atoms in total. The van der Waals surface area contributed by atoms with Gasteiger partial charge in [0.15, 0.2) is 0 Å². The van der Waals surface area contributed by atoms with Gasteiger partial charge in [0.25, 0.3) is 0 Å². The first kappa shape index (κ1) is 9.15. The summed E-state index contributed by atoms with van der Waals surface area (Å²) in [6, 6.07) is 0. The van der Waals surface area contributed by atoms with Crippen molar-refractivity contribution in [2.75, 3.05) is 0 Å². The molecule has 0 heterocycles. The van der Waals surface area contributed by atoms with Gasteiger partial charge in [0.05, 0.1) is 0 Å². The molecule has 0 N–H and O–H groups in total. The van der Waals surface area contributed by atoms with Gasteiger partial charge in [0, 0.05) is 0 Å². The molecule has 0 bridgehead atoms. The normalized spacial score (nSPS) is 13.0. The van der Waals surface area contributed by atoms with Gasteiger partial charge in [-0.25, -0.2) is 0 Å². The standard InChI is InChI=1S/C4H7Cl3Ge/c1-2-3-4-8(5,6)7/h2-3H,4H2,1H3. The van der Waals surface area contributed by atoms with Gasteiger partial charge >= 0.3 is 64.8 Å². The van der Waals surface area contributed by atoms with Crippen LogP contribution in [0.3, 0.4) is 0 Å². The quantitative estimate of drug-likeness (QED) is 0.508. The monoisotopic (exact) mass is 234 g/mol. The molecule has 4 heteroatoms. The van der Waals surface area contributed by atoms with E-state index in [1.165, 1.54) is 0 Å². The van der Waals surface area contributed by atoms with E-state index >= 15 is 0 Å². The van der Waals surface area contributed by atoms with E-state index in [0.717, 1.165) is 0 Å². The first-order valence-corrected chi connectivity index (χ1v) is 12.0. The summed E-state index contributed by atoms with van der Waals surface area (Å²) in [5, 5.41) is 0.668. The molecule has 0 unspecified atom stereocenters. The third-order valence-corrected chi connectivity index (χ3v) is 4.46. The van der Waals surface area contributed by atoms with Crippen LogP contribution in [0.5, 0.6) is 0 Å². The van der Waals surface area contributed by atoms with Crippen molar-refractivity contribution in [1.82, 2.24) is 0 Å². The summed E-state index contributed by atoms with van der Waals surface area (Å²) in [4.78, 5) is 0. The van der Waals surface area contributed by atoms with E-state index in [0.29, 0.717) is 5.25 Å². The third kappa shape index (κ3) is 7.15. The third-order valence-electron chi connectivity index (χ3n) is 0.585. The first-order valence-electron chi connectivity index (χ1n) is 2.24. The van der Waals surface area contributed by atoms with Gasteiger partial charge in [-0.15, -0.1) is 0 Å². The van der Waals surface area contributed by atoms with Crippen molar-refractivity contribution < 1.29 is 0 Å². The van der Waals surface area contributed by atoms with Crippen LogP contribution >= 0.6 is 30.0 Å². The van der Waals surface area contributed by atoms with E-state index in [1.54, 1.807) is 0 Å². The summed E-state index contributed by atoms with van der Waals surface area (Å²) in [5.41, 5.74) is 0. The molecule has 0 rings (SSSR count). The molecule has 0 aromatic rings. The predicted octanol–water partition coefficient (Wildman–Crippen LogP) is 3.22. The Balaban J connectivity index is 3.39. The Morgan fingerprint density at radius 3 is 2.00 bits per heavy atom. The number of halogens is 3. The number of hydrogen-bond donors (Lipinski definition) is 0. The maximum absolute atomic E-state index is 5.58. The van der Waals surface area contributed by atoms with Crippen molar-refractivity contribution in [1.29, 1.82) is 0 Å². The fraction of sp³-hybridized carbons (Fsp3) is 0.500. The molecule has 0 radical (unpaired) electrons. The first-order chi connectivity index (χ1) is 3.56. The van der Waals surface area contributed by atoms with Crippen LogP contribution in [0.25, 0.3) is 0 Å². The zero-order valence-electron chi connectivity index (χ0n) is 4.50. The van der Waals surface area contributed by atoms with Crippen LogP contribution in [0, 0.1) is 0 Å². The molecule has 0 saturated carbocycles. The van der Waals surface area contributed by atoms with Crippen LogP contribution in [0.1, 0.15) is 6.92 Å². The Morgan fingerprint density at radius 2 is 1.88 bits per heavy atom. The van der Waals surface area contributed by atoms with Crippen molar-refractivity contribution in [2.24, 2.45) is 0 Å². The molecule has 0 amide bonds. The van der Waals surface area contributed by atoms with Crippen LogP contribution in [0.2, 0.25) is 5.25 Å². The fourth-order valence-corrected chi connectivity index (χ4v) is 2.70. The van der Waals surface area contributed by atoms with Gasteiger partial charge in [-0.2, -0.15) is 0 Å². The predicted molar refractivity (Wildman–Crippen MR) is 42.9 cm³/mol. The molecule has 0 aliphatic carbocycles. The van der Waals surface area contributed by atoms with Crippen molar-refractivity contribution >= 4 is 40.5 Å². The van der Waals surface area contributed by atoms with E-state index in [4.69, 9.17) is 30.0 Å². The number of allylic oxidation sites excluding steroid dienone is 2. The van der Waals surface area contributed by atoms with Crippen LogP contribution < -0.4 is 0 Å². The zero-order chi connectivity index (χ0) is 6.62. The Kier molecular flexibility index (Phi) is 4.63. The van der Waals surface area contributed by atoms with Gasteiger partial charge < -0.3 is 0 Å². The second-order valence-electron chi connectivity index (χ2n) is 1.39. The van der Waals surface area contributed by atoms with E-state index in [1.807, 2.05) is 19.1 Å². The second kappa shape index (κ2) is 4.05. The Morgan fingerprint density at radius 1 is 1.38 bits per heavy atom. The Bertz CT molecular complexity index is 83.8. The van der Waals surface area contributed by atoms with Crippen molar-refractivity contribution in [2.45, 2.75) is 12.2 Å². The minimum atomic E-state index is -2.78. The van der Waals surface area contributed by atoms with E-state index in [-0.39, 0.29) is 0 Å². The van der Waals surface area contributed by atoms with Crippen LogP contribution in [-0.4, -0.2) is 10.5 Å². The molecule has 0 aromatic carbocycles. The molecule has 0 atom stereocenters. The van der Waals surface area contributed by atoms with E-state index in [2.05, 4.69) is 0 Å². The molecular weight excluding hydrogens is 227 g/mol. The molecule has 0 aliphatic rings. The summed E-state index contributed by atoms with van der Waals surface area (Å²) < 4.78 is 0. The Labute approximate surface area is 64.7 Å². The van der Waals surface area contributed by atoms with Crippen LogP contribution in [0.15, 0.2) is 12.2 Å². The summed E-state index contributed by atoms with van der Waals surface area (Å²) in [5.74, 6) is 0. The molecular formula is C4H7Cl3Ge. The number of rotatable bonds is 2. The van der Waals surface area contributed by atoms with E-state index in [9.17, 15) is 0 Å². The van der Waals surface area contributed by atoms with Crippen molar-refractivity contribution in [3.05, 3.63) is 12.2 Å². The second-order valence-corrected chi connectivity index (χ2v) is 17.9. The van der Waals surface area contributed by atoms with Crippen LogP contribution in [-0.2, 0) is 0 Å². The Hall–Kier alpha value is 1.15. The molecule has 0 aromatic heterocycles. The average Bonchev–Trinajstić information content (AvgIpc) is 1.59. The summed E-state index contributed by atoms with van der Waals surface area (Å²) in [6.07, 6.45) is 3.79. The average molecular weight is 234 g/mol.